The monoisotopic (exact) mass is 239 g/mol. The lowest BCUT2D eigenvalue weighted by Crippen LogP contribution is -2.35. The topological polar surface area (TPSA) is 42.1 Å². The fraction of sp³-hybridized carbons (Fsp3) is 0.923. The van der Waals surface area contributed by atoms with Crippen molar-refractivity contribution in [2.45, 2.75) is 51.4 Å². The zero-order chi connectivity index (χ0) is 12.2. The Morgan fingerprint density at radius 3 is 2.18 bits per heavy atom. The molecule has 1 aliphatic carbocycles. The molecule has 4 nitrogen and oxygen atoms in total. The molecule has 0 N–H and O–H groups in total. The molecule has 0 radical (unpaired) electrons. The molecule has 0 spiro atoms. The first-order valence-electron chi connectivity index (χ1n) is 6.56. The fourth-order valence-electron chi connectivity index (χ4n) is 3.14. The number of nitrogens with zero attached hydrogens (tertiary/aromatic N) is 1. The minimum atomic E-state index is -0.393. The summed E-state index contributed by atoms with van der Waals surface area (Å²) in [7, 11) is 0. The smallest absolute Gasteiger partial charge is 0.410 e. The number of carbonyl (C=O) groups excluding carboxylic acids is 1. The van der Waals surface area contributed by atoms with Crippen LogP contribution in [0, 0.1) is 11.8 Å². The van der Waals surface area contributed by atoms with Crippen LogP contribution >= 0.6 is 0 Å². The van der Waals surface area contributed by atoms with Gasteiger partial charge in [-0.05, 0) is 45.4 Å². The largest absolute Gasteiger partial charge is 0.444 e. The van der Waals surface area contributed by atoms with Crippen LogP contribution in [-0.2, 0) is 9.47 Å². The van der Waals surface area contributed by atoms with Crippen molar-refractivity contribution < 1.29 is 14.3 Å². The van der Waals surface area contributed by atoms with Gasteiger partial charge in [0.05, 0.1) is 12.2 Å². The van der Waals surface area contributed by atoms with E-state index in [1.165, 1.54) is 0 Å². The Hall–Kier alpha value is -0.770. The Kier molecular flexibility index (Phi) is 2.41. The van der Waals surface area contributed by atoms with Crippen molar-refractivity contribution >= 4 is 6.09 Å². The van der Waals surface area contributed by atoms with Gasteiger partial charge in [0.15, 0.2) is 0 Å². The first-order valence-corrected chi connectivity index (χ1v) is 6.56. The third-order valence-electron chi connectivity index (χ3n) is 3.99. The van der Waals surface area contributed by atoms with E-state index in [0.29, 0.717) is 24.0 Å². The number of likely N-dealkylation sites (tertiary alicyclic amines) is 1. The first-order chi connectivity index (χ1) is 7.92. The minimum Gasteiger partial charge on any atom is -0.444 e. The van der Waals surface area contributed by atoms with Crippen molar-refractivity contribution in [2.24, 2.45) is 11.8 Å². The lowest BCUT2D eigenvalue weighted by atomic mass is 9.82. The average molecular weight is 239 g/mol. The van der Waals surface area contributed by atoms with Crippen molar-refractivity contribution in [3.63, 3.8) is 0 Å². The van der Waals surface area contributed by atoms with Gasteiger partial charge in [0.25, 0.3) is 0 Å². The summed E-state index contributed by atoms with van der Waals surface area (Å²) in [4.78, 5) is 13.8. The Morgan fingerprint density at radius 1 is 1.18 bits per heavy atom. The van der Waals surface area contributed by atoms with Gasteiger partial charge >= 0.3 is 6.09 Å². The van der Waals surface area contributed by atoms with Crippen LogP contribution in [0.1, 0.15) is 33.6 Å². The highest BCUT2D eigenvalue weighted by Gasteiger charge is 2.51. The predicted molar refractivity (Wildman–Crippen MR) is 62.7 cm³/mol. The second-order valence-corrected chi connectivity index (χ2v) is 6.59. The van der Waals surface area contributed by atoms with E-state index in [2.05, 4.69) is 0 Å². The molecule has 0 bridgehead atoms. The molecule has 0 unspecified atom stereocenters. The maximum absolute atomic E-state index is 12.0. The normalized spacial score (nSPS) is 39.6. The summed E-state index contributed by atoms with van der Waals surface area (Å²) in [6.07, 6.45) is 3.11. The van der Waals surface area contributed by atoms with Crippen LogP contribution < -0.4 is 0 Å². The predicted octanol–water partition coefficient (Wildman–Crippen LogP) is 2.03. The highest BCUT2D eigenvalue weighted by molar-refractivity contribution is 5.68. The van der Waals surface area contributed by atoms with Gasteiger partial charge < -0.3 is 14.4 Å². The number of fused-ring (bicyclic) bond motifs is 2. The number of rotatable bonds is 0. The molecular weight excluding hydrogens is 218 g/mol. The number of carbonyl (C=O) groups is 1. The highest BCUT2D eigenvalue weighted by atomic mass is 16.6. The van der Waals surface area contributed by atoms with Crippen molar-refractivity contribution in [3.8, 4) is 0 Å². The van der Waals surface area contributed by atoms with Crippen LogP contribution in [0.4, 0.5) is 4.79 Å². The first kappa shape index (κ1) is 11.3. The van der Waals surface area contributed by atoms with E-state index in [-0.39, 0.29) is 6.09 Å². The zero-order valence-electron chi connectivity index (χ0n) is 10.8. The van der Waals surface area contributed by atoms with Crippen LogP contribution in [0.3, 0.4) is 0 Å². The van der Waals surface area contributed by atoms with E-state index < -0.39 is 5.60 Å². The van der Waals surface area contributed by atoms with Crippen LogP contribution in [0.5, 0.6) is 0 Å². The number of amides is 1. The van der Waals surface area contributed by atoms with Crippen LogP contribution in [0.15, 0.2) is 0 Å². The van der Waals surface area contributed by atoms with Gasteiger partial charge in [-0.25, -0.2) is 4.79 Å². The van der Waals surface area contributed by atoms with Crippen LogP contribution in [0.2, 0.25) is 0 Å². The summed E-state index contributed by atoms with van der Waals surface area (Å²) in [5, 5.41) is 0. The average Bonchev–Trinajstić information content (AvgIpc) is 2.79. The molecule has 0 aromatic rings. The van der Waals surface area contributed by atoms with Crippen LogP contribution in [0.25, 0.3) is 0 Å². The standard InChI is InChI=1S/C13H21NO3/c1-13(2,3)17-12(15)14-6-8-4-10-11(16-10)5-9(8)7-14/h8-11H,4-7H2,1-3H3/t8-,9-,10-,11-/m0/s1. The minimum absolute atomic E-state index is 0.151. The molecule has 1 saturated carbocycles. The SMILES string of the molecule is CC(C)(C)OC(=O)N1C[C@@H]2C[C@@H]3O[C@H]3C[C@H]2C1. The molecule has 2 aliphatic heterocycles. The summed E-state index contributed by atoms with van der Waals surface area (Å²) in [6, 6.07) is 0. The van der Waals surface area contributed by atoms with E-state index in [1.54, 1.807) is 0 Å². The third-order valence-corrected chi connectivity index (χ3v) is 3.99. The van der Waals surface area contributed by atoms with Crippen molar-refractivity contribution in [1.29, 1.82) is 0 Å². The molecule has 3 aliphatic rings. The molecule has 0 aromatic carbocycles. The number of hydrogen-bond donors (Lipinski definition) is 0. The van der Waals surface area contributed by atoms with Gasteiger partial charge in [-0.3, -0.25) is 0 Å². The Labute approximate surface area is 102 Å². The van der Waals surface area contributed by atoms with Gasteiger partial charge in [-0.1, -0.05) is 0 Å². The fourth-order valence-corrected chi connectivity index (χ4v) is 3.14. The van der Waals surface area contributed by atoms with E-state index in [0.717, 1.165) is 25.9 Å². The summed E-state index contributed by atoms with van der Waals surface area (Å²) in [5.41, 5.74) is -0.393. The van der Waals surface area contributed by atoms with E-state index in [4.69, 9.17) is 9.47 Å². The number of epoxide rings is 1. The van der Waals surface area contributed by atoms with E-state index >= 15 is 0 Å². The molecule has 3 rings (SSSR count). The van der Waals surface area contributed by atoms with Crippen molar-refractivity contribution in [2.75, 3.05) is 13.1 Å². The molecule has 2 saturated heterocycles. The lowest BCUT2D eigenvalue weighted by Gasteiger charge is -2.24. The van der Waals surface area contributed by atoms with Gasteiger partial charge in [0.1, 0.15) is 5.60 Å². The molecule has 2 heterocycles. The number of ether oxygens (including phenoxy) is 2. The third kappa shape index (κ3) is 2.28. The quantitative estimate of drug-likeness (QED) is 0.607. The van der Waals surface area contributed by atoms with Gasteiger partial charge in [0, 0.05) is 13.1 Å². The van der Waals surface area contributed by atoms with E-state index in [9.17, 15) is 4.79 Å². The summed E-state index contributed by atoms with van der Waals surface area (Å²) >= 11 is 0. The van der Waals surface area contributed by atoms with Crippen molar-refractivity contribution in [1.82, 2.24) is 4.90 Å². The molecule has 4 heteroatoms. The Morgan fingerprint density at radius 2 is 1.71 bits per heavy atom. The molecule has 0 aromatic heterocycles. The molecule has 4 atom stereocenters. The zero-order valence-corrected chi connectivity index (χ0v) is 10.8. The molecule has 96 valence electrons. The summed E-state index contributed by atoms with van der Waals surface area (Å²) in [6.45, 7) is 7.45. The number of hydrogen-bond acceptors (Lipinski definition) is 3. The second kappa shape index (κ2) is 3.61. The summed E-state index contributed by atoms with van der Waals surface area (Å²) < 4.78 is 11.0. The molecule has 3 fully saturated rings. The maximum atomic E-state index is 12.0. The maximum Gasteiger partial charge on any atom is 0.410 e. The van der Waals surface area contributed by atoms with Gasteiger partial charge in [-0.15, -0.1) is 0 Å². The Bertz CT molecular complexity index is 318. The lowest BCUT2D eigenvalue weighted by molar-refractivity contribution is 0.0282. The summed E-state index contributed by atoms with van der Waals surface area (Å²) in [5.74, 6) is 1.26. The highest BCUT2D eigenvalue weighted by Crippen LogP contribution is 2.46. The van der Waals surface area contributed by atoms with Gasteiger partial charge in [-0.2, -0.15) is 0 Å². The van der Waals surface area contributed by atoms with E-state index in [1.807, 2.05) is 25.7 Å². The second-order valence-electron chi connectivity index (χ2n) is 6.59. The molecule has 1 amide bonds. The Balaban J connectivity index is 1.58. The molecular formula is C13H21NO3. The van der Waals surface area contributed by atoms with Crippen LogP contribution in [-0.4, -0.2) is 41.9 Å². The van der Waals surface area contributed by atoms with Gasteiger partial charge in [0.2, 0.25) is 0 Å². The molecule has 17 heavy (non-hydrogen) atoms. The van der Waals surface area contributed by atoms with Crippen molar-refractivity contribution in [3.05, 3.63) is 0 Å².